The number of pyridine rings is 3. The van der Waals surface area contributed by atoms with Gasteiger partial charge in [-0.3, -0.25) is 81.5 Å². The van der Waals surface area contributed by atoms with E-state index in [1.165, 1.54) is 37.6 Å². The third-order valence-electron chi connectivity index (χ3n) is 30.5. The number of ketones is 9. The van der Waals surface area contributed by atoms with Crippen LogP contribution in [0.1, 0.15) is 299 Å². The molecule has 3 aliphatic carbocycles. The van der Waals surface area contributed by atoms with Crippen LogP contribution < -0.4 is 5.32 Å². The fourth-order valence-electron chi connectivity index (χ4n) is 22.9. The summed E-state index contributed by atoms with van der Waals surface area (Å²) in [5.41, 5.74) is 11.4. The van der Waals surface area contributed by atoms with E-state index in [1.807, 2.05) is 91.8 Å². The number of benzene rings is 3. The standard InChI is InChI=1S/C36H42BrFN4O4.C35H40F2N4O4.C34H41N5O4/c1-20-13-23-9-7-6-8-11-35(4,5)30(45)10-12-36-17-27(28(44)16-26-21(2)15-25(38)34(37)39-26)42(29(36)18-36)31(46)19-41-33(23)24(14-20)32(40-41)22(3)43;1-20-14-25-32(23(4)42)39-40-19-31(45)41-28(29(44)16-27-21(2)9-10-22(3)38-27)17-34(18-30(34)41)13-11-24(43)8-6-5-7-12-35(36,37)26(15-20)33(25)40;1-20-13-24-18-35-12-6-5-7-25(41)10-11-34-16-28(29(42)15-27-21(2)8-9-22(3)36-27)39(30(34)17-34)31(43)19-38-33(24)26(14-20)32(37-38)23(4)40/h13-15,27,29H,6-12,16-19H2,1-5H3;9-10,14-15,28,30H,5-8,11-13,16-19H2,1-4H3;8-9,13-14,28,30,35H,5-7,10-12,15-19H2,1-4H3/t27-,29+,36-;2*28-,30+,34-/m000/s1. The SMILES string of the molecule is CC(=O)c1nn2c3c(cc(C)cc13)C(F)(F)CCCCCC(=O)CC[C@@]13C[C@@H](C(=O)Cc4nc(C)ccc4C)N(C(=O)C2)[C@@H]1C3.CC(=O)c1nn2c3c(cc(C)cc13)CCCCCC(C)(C)C(=O)CC[C@@]13C[C@@H](C(=O)Cc4nc(Br)c(F)cc4C)N(C(=O)C2)[C@@H]1C3.CC(=O)c1nn2c3c(cc(C)cc13)CNCCCCC(=O)CC[C@@]13C[C@@H](C(=O)Cc4nc(C)ccc4C)N(C(=O)C2)[C@@H]1C3. The van der Waals surface area contributed by atoms with Gasteiger partial charge in [0, 0.05) is 122 Å². The summed E-state index contributed by atoms with van der Waals surface area (Å²) in [6, 6.07) is 17.9. The van der Waals surface area contributed by atoms with Gasteiger partial charge in [-0.05, 0) is 278 Å². The molecule has 25 nitrogen and oxygen atoms in total. The Balaban J connectivity index is 0.000000146. The van der Waals surface area contributed by atoms with Gasteiger partial charge in [0.25, 0.3) is 5.92 Å². The first-order valence-corrected chi connectivity index (χ1v) is 48.7. The highest BCUT2D eigenvalue weighted by Crippen LogP contribution is 2.65. The zero-order valence-electron chi connectivity index (χ0n) is 79.4. The van der Waals surface area contributed by atoms with Gasteiger partial charge in [0.05, 0.1) is 71.0 Å². The molecule has 134 heavy (non-hydrogen) atoms. The molecule has 3 saturated heterocycles. The molecule has 12 heterocycles. The van der Waals surface area contributed by atoms with Gasteiger partial charge in [0.1, 0.15) is 58.7 Å². The van der Waals surface area contributed by atoms with E-state index in [1.54, 1.807) is 44.0 Å². The predicted octanol–water partition coefficient (Wildman–Crippen LogP) is 17.3. The van der Waals surface area contributed by atoms with E-state index < -0.39 is 47.6 Å². The molecule has 0 unspecified atom stereocenters. The van der Waals surface area contributed by atoms with Crippen molar-refractivity contribution in [3.05, 3.63) is 173 Å². The zero-order valence-corrected chi connectivity index (χ0v) is 81.0. The number of rotatable bonds is 12. The molecule has 9 atom stereocenters. The second-order valence-corrected chi connectivity index (χ2v) is 41.8. The minimum atomic E-state index is -3.24. The molecule has 9 aromatic rings. The number of carbonyl (C=O) groups excluding carboxylic acids is 12. The molecule has 18 rings (SSSR count). The van der Waals surface area contributed by atoms with Crippen LogP contribution in [0.25, 0.3) is 32.7 Å². The Morgan fingerprint density at radius 1 is 0.433 bits per heavy atom. The maximum Gasteiger partial charge on any atom is 0.275 e. The highest BCUT2D eigenvalue weighted by atomic mass is 79.9. The third kappa shape index (κ3) is 19.7. The molecule has 9 aliphatic rings. The molecule has 6 bridgehead atoms. The Kier molecular flexibility index (Phi) is 27.3. The zero-order chi connectivity index (χ0) is 95.9. The van der Waals surface area contributed by atoms with E-state index in [0.29, 0.717) is 136 Å². The van der Waals surface area contributed by atoms with Gasteiger partial charge >= 0.3 is 0 Å². The summed E-state index contributed by atoms with van der Waals surface area (Å²) in [5, 5.41) is 19.1. The maximum atomic E-state index is 15.9. The molecule has 708 valence electrons. The molecule has 6 aliphatic heterocycles. The van der Waals surface area contributed by atoms with Crippen molar-refractivity contribution in [2.24, 2.45) is 21.7 Å². The summed E-state index contributed by atoms with van der Waals surface area (Å²) < 4.78 is 50.6. The Morgan fingerprint density at radius 3 is 1.29 bits per heavy atom. The number of aromatic nitrogens is 9. The van der Waals surface area contributed by atoms with Gasteiger partial charge in [-0.1, -0.05) is 62.9 Å². The number of carbonyl (C=O) groups is 12. The van der Waals surface area contributed by atoms with Gasteiger partial charge in [-0.25, -0.2) is 18.2 Å². The number of nitrogens with one attached hydrogen (secondary N) is 1. The van der Waals surface area contributed by atoms with Gasteiger partial charge in [-0.15, -0.1) is 0 Å². The van der Waals surface area contributed by atoms with Crippen molar-refractivity contribution in [3.63, 3.8) is 0 Å². The fourth-order valence-corrected chi connectivity index (χ4v) is 23.2. The predicted molar refractivity (Wildman–Crippen MR) is 503 cm³/mol. The number of hydrogen-bond acceptors (Lipinski definition) is 19. The normalized spacial score (nSPS) is 24.9. The van der Waals surface area contributed by atoms with Crippen LogP contribution in [0.15, 0.2) is 71.3 Å². The van der Waals surface area contributed by atoms with Crippen molar-refractivity contribution in [2.45, 2.75) is 338 Å². The summed E-state index contributed by atoms with van der Waals surface area (Å²) in [6.45, 7) is 24.2. The van der Waals surface area contributed by atoms with Crippen LogP contribution in [0.3, 0.4) is 0 Å². The van der Waals surface area contributed by atoms with Crippen LogP contribution in [0.5, 0.6) is 0 Å². The molecule has 3 amide bonds. The van der Waals surface area contributed by atoms with Crippen molar-refractivity contribution in [3.8, 4) is 0 Å². The number of Topliss-reactive ketones (excluding diaryl/α,β-unsaturated/α-hetero) is 9. The van der Waals surface area contributed by atoms with Crippen molar-refractivity contribution in [1.29, 1.82) is 0 Å². The molecule has 6 fully saturated rings. The van der Waals surface area contributed by atoms with Crippen molar-refractivity contribution < 1.29 is 70.7 Å². The van der Waals surface area contributed by atoms with Gasteiger partial charge in [-0.2, -0.15) is 15.3 Å². The lowest BCUT2D eigenvalue weighted by Crippen LogP contribution is -2.45. The number of halogens is 4. The molecule has 29 heteroatoms. The molecule has 0 spiro atoms. The summed E-state index contributed by atoms with van der Waals surface area (Å²) >= 11 is 3.14. The highest BCUT2D eigenvalue weighted by Gasteiger charge is 2.69. The van der Waals surface area contributed by atoms with Crippen LogP contribution in [0, 0.1) is 82.9 Å². The van der Waals surface area contributed by atoms with Crippen LogP contribution in [0.2, 0.25) is 0 Å². The lowest BCUT2D eigenvalue weighted by atomic mass is 9.79. The number of hydrogen-bond donors (Lipinski definition) is 1. The van der Waals surface area contributed by atoms with E-state index in [9.17, 15) is 61.9 Å². The first-order valence-electron chi connectivity index (χ1n) is 48.0. The van der Waals surface area contributed by atoms with Crippen molar-refractivity contribution in [2.75, 3.05) is 6.54 Å². The van der Waals surface area contributed by atoms with E-state index >= 15 is 8.78 Å². The largest absolute Gasteiger partial charge is 0.327 e. The molecule has 3 aromatic carbocycles. The number of piperidine rings is 3. The lowest BCUT2D eigenvalue weighted by molar-refractivity contribution is -0.139. The molecule has 3 saturated carbocycles. The highest BCUT2D eigenvalue weighted by molar-refractivity contribution is 9.10. The van der Waals surface area contributed by atoms with Crippen LogP contribution >= 0.6 is 15.9 Å². The molecule has 0 radical (unpaired) electrons. The second kappa shape index (κ2) is 38.0. The summed E-state index contributed by atoms with van der Waals surface area (Å²) in [7, 11) is 0. The minimum absolute atomic E-state index is 0.0166. The number of nitrogens with zero attached hydrogens (tertiary/aromatic N) is 12. The average Bonchev–Trinajstić information content (AvgIpc) is 1.54. The molecule has 1 N–H and O–H groups in total. The van der Waals surface area contributed by atoms with Crippen molar-refractivity contribution in [1.82, 2.24) is 64.3 Å². The van der Waals surface area contributed by atoms with E-state index in [-0.39, 0.29) is 165 Å². The first-order chi connectivity index (χ1) is 63.6. The Labute approximate surface area is 788 Å². The summed E-state index contributed by atoms with van der Waals surface area (Å²) in [5.74, 6) is -4.95. The first kappa shape index (κ1) is 96.3. The maximum absolute atomic E-state index is 15.9. The van der Waals surface area contributed by atoms with E-state index in [4.69, 9.17) is 0 Å². The number of aryl methyl sites for hydroxylation is 9. The minimum Gasteiger partial charge on any atom is -0.327 e. The topological polar surface area (TPSA) is 319 Å². The fraction of sp³-hybridized carbons (Fsp3) is 0.543. The average molecular weight is 1900 g/mol. The number of alkyl halides is 2. The summed E-state index contributed by atoms with van der Waals surface area (Å²) in [4.78, 5) is 180. The van der Waals surface area contributed by atoms with Crippen LogP contribution in [0.4, 0.5) is 13.2 Å². The Bertz CT molecular complexity index is 6340. The van der Waals surface area contributed by atoms with Crippen molar-refractivity contribution >= 4 is 118 Å². The van der Waals surface area contributed by atoms with E-state index in [2.05, 4.69) is 63.6 Å². The van der Waals surface area contributed by atoms with E-state index in [0.717, 1.165) is 137 Å². The third-order valence-corrected chi connectivity index (χ3v) is 31.1. The van der Waals surface area contributed by atoms with Gasteiger partial charge in [0.15, 0.2) is 40.5 Å². The molecular weight excluding hydrogens is 1770 g/mol. The Morgan fingerprint density at radius 2 is 0.828 bits per heavy atom. The number of amides is 3. The monoisotopic (exact) mass is 1890 g/mol. The Hall–Kier alpha value is -10.8. The quantitative estimate of drug-likeness (QED) is 0.0877. The summed E-state index contributed by atoms with van der Waals surface area (Å²) in [6.07, 6.45) is 15.0. The van der Waals surface area contributed by atoms with Gasteiger partial charge < -0.3 is 20.0 Å². The van der Waals surface area contributed by atoms with Crippen LogP contribution in [-0.2, 0) is 101 Å². The molecular formula is C105H123BrF3N13O12. The van der Waals surface area contributed by atoms with Crippen LogP contribution in [-0.4, -0.2) is 172 Å². The second-order valence-electron chi connectivity index (χ2n) is 41.1. The van der Waals surface area contributed by atoms with Gasteiger partial charge in [0.2, 0.25) is 17.7 Å². The smallest absolute Gasteiger partial charge is 0.275 e. The molecule has 6 aromatic heterocycles. The lowest BCUT2D eigenvalue weighted by Gasteiger charge is -2.27.